The fourth-order valence-corrected chi connectivity index (χ4v) is 0. The molecule has 0 aliphatic heterocycles. The van der Waals surface area contributed by atoms with Gasteiger partial charge in [0, 0.05) is 152 Å². The SMILES string of the molecule is CC(C)=C(C)C.CC(C)=O.CC(C)=S.CN=C(C)C.C[C-](C)C.C[C-]=C(C)C.C[C-]=C(C)C.C[Si](C)C.[Y].[Y].[Y].[Y]. The number of hydrogen-bond donors (Lipinski definition) is 0. The van der Waals surface area contributed by atoms with Crippen molar-refractivity contribution in [1.82, 2.24) is 0 Å². The van der Waals surface area contributed by atoms with Crippen molar-refractivity contribution in [2.45, 2.75) is 151 Å². The first-order valence-corrected chi connectivity index (χ1v) is 16.2. The van der Waals surface area contributed by atoms with Gasteiger partial charge in [0.1, 0.15) is 5.78 Å². The predicted molar refractivity (Wildman–Crippen MR) is 186 cm³/mol. The summed E-state index contributed by atoms with van der Waals surface area (Å²) in [6.07, 6.45) is 5.89. The van der Waals surface area contributed by atoms with Crippen LogP contribution in [-0.4, -0.2) is 32.2 Å². The van der Waals surface area contributed by atoms with Crippen molar-refractivity contribution in [2.75, 3.05) is 7.05 Å². The Labute approximate surface area is 370 Å². The van der Waals surface area contributed by atoms with E-state index >= 15 is 0 Å². The van der Waals surface area contributed by atoms with Crippen molar-refractivity contribution in [2.24, 2.45) is 4.99 Å². The maximum absolute atomic E-state index is 9.44. The van der Waals surface area contributed by atoms with E-state index in [1.165, 1.54) is 42.1 Å². The average molecular weight is 912 g/mol. The number of aliphatic imine (C=N–C) groups is 1. The molecule has 237 valence electrons. The van der Waals surface area contributed by atoms with Gasteiger partial charge in [-0.05, 0) is 74.1 Å². The molecule has 0 aliphatic rings. The summed E-state index contributed by atoms with van der Waals surface area (Å²) < 4.78 is 0. The fourth-order valence-electron chi connectivity index (χ4n) is 0. The molecule has 0 aromatic rings. The minimum absolute atomic E-state index is 0. The molecular weight excluding hydrogens is 842 g/mol. The van der Waals surface area contributed by atoms with Crippen molar-refractivity contribution in [3.8, 4) is 0 Å². The fraction of sp³-hybridized carbons (Fsp3) is 0.697. The molecule has 0 atom stereocenters. The Balaban J connectivity index is -0.0000000232. The van der Waals surface area contributed by atoms with Crippen LogP contribution in [-0.2, 0) is 136 Å². The van der Waals surface area contributed by atoms with E-state index < -0.39 is 0 Å². The van der Waals surface area contributed by atoms with Gasteiger partial charge in [-0.2, -0.15) is 34.6 Å². The van der Waals surface area contributed by atoms with E-state index in [-0.39, 0.29) is 145 Å². The van der Waals surface area contributed by atoms with Crippen LogP contribution in [0.1, 0.15) is 132 Å². The molecule has 0 amide bonds. The molecule has 0 fully saturated rings. The molecule has 0 aliphatic carbocycles. The number of ketones is 1. The van der Waals surface area contributed by atoms with Crippen LogP contribution in [0, 0.1) is 18.1 Å². The first kappa shape index (κ1) is 79.6. The zero-order valence-electron chi connectivity index (χ0n) is 32.1. The maximum Gasteiger partial charge on any atom is 0.126 e. The summed E-state index contributed by atoms with van der Waals surface area (Å²) in [5.41, 5.74) is 6.49. The van der Waals surface area contributed by atoms with Crippen molar-refractivity contribution in [3.05, 3.63) is 40.4 Å². The Morgan fingerprint density at radius 3 is 0.683 bits per heavy atom. The van der Waals surface area contributed by atoms with E-state index in [9.17, 15) is 4.79 Å². The van der Waals surface area contributed by atoms with Crippen LogP contribution in [0.15, 0.2) is 27.3 Å². The molecule has 0 spiro atoms. The van der Waals surface area contributed by atoms with Gasteiger partial charge in [-0.3, -0.25) is 16.1 Å². The van der Waals surface area contributed by atoms with Gasteiger partial charge in [0.2, 0.25) is 0 Å². The Morgan fingerprint density at radius 1 is 0.610 bits per heavy atom. The normalized spacial score (nSPS) is 6.76. The Morgan fingerprint density at radius 2 is 0.683 bits per heavy atom. The molecule has 0 rings (SSSR count). The van der Waals surface area contributed by atoms with Crippen LogP contribution in [0.25, 0.3) is 0 Å². The van der Waals surface area contributed by atoms with Crippen molar-refractivity contribution in [1.29, 1.82) is 0 Å². The molecule has 0 saturated heterocycles. The smallest absolute Gasteiger partial charge is 0.126 e. The molecule has 0 saturated carbocycles. The van der Waals surface area contributed by atoms with Crippen molar-refractivity contribution < 1.29 is 136 Å². The zero-order valence-corrected chi connectivity index (χ0v) is 45.2. The summed E-state index contributed by atoms with van der Waals surface area (Å²) in [7, 11) is 1.91. The van der Waals surface area contributed by atoms with Crippen LogP contribution >= 0.6 is 12.2 Å². The number of rotatable bonds is 0. The second-order valence-electron chi connectivity index (χ2n) is 10.5. The van der Waals surface area contributed by atoms with Gasteiger partial charge >= 0.3 is 0 Å². The maximum atomic E-state index is 9.44. The number of thiocarbonyl (C=S) groups is 1. The standard InChI is InChI=1S/C6H12.2C5H9.C4H9N.C4H9.C3H6O.C3H6S.C3H9Si.4Y/c1-5(2)6(3)4;2*1-4-5(2)3;1-4(2)5-3;1-4(2)3;2*1-3(2)4;1-4(2)3;;;;/h1-4H3;3*1-3H3;1-3H3;2*1-2H3;1-3H3;;;;/q;2*-1;;-1;;;;;;;. The summed E-state index contributed by atoms with van der Waals surface area (Å²) in [5, 5.41) is 0. The van der Waals surface area contributed by atoms with E-state index in [2.05, 4.69) is 97.5 Å². The summed E-state index contributed by atoms with van der Waals surface area (Å²) in [6.45, 7) is 44.3. The molecular formula is C33H69NOSSiY4-3. The molecule has 0 aromatic carbocycles. The third-order valence-electron chi connectivity index (χ3n) is 2.45. The molecule has 41 heavy (non-hydrogen) atoms. The average Bonchev–Trinajstić information content (AvgIpc) is 2.67. The van der Waals surface area contributed by atoms with Gasteiger partial charge in [0.25, 0.3) is 0 Å². The van der Waals surface area contributed by atoms with Crippen LogP contribution < -0.4 is 0 Å². The molecule has 0 bridgehead atoms. The topological polar surface area (TPSA) is 29.4 Å². The number of carbonyl (C=O) groups excluding carboxylic acids is 1. The number of allylic oxidation sites excluding steroid dienone is 6. The van der Waals surface area contributed by atoms with E-state index in [4.69, 9.17) is 0 Å². The van der Waals surface area contributed by atoms with Crippen molar-refractivity contribution in [3.63, 3.8) is 0 Å². The number of hydrogen-bond acceptors (Lipinski definition) is 3. The van der Waals surface area contributed by atoms with E-state index in [1.54, 1.807) is 7.05 Å². The van der Waals surface area contributed by atoms with Crippen molar-refractivity contribution >= 4 is 37.4 Å². The van der Waals surface area contributed by atoms with E-state index in [1.807, 2.05) is 69.2 Å². The van der Waals surface area contributed by atoms with Crippen LogP contribution in [0.4, 0.5) is 0 Å². The third kappa shape index (κ3) is 418. The summed E-state index contributed by atoms with van der Waals surface area (Å²) in [6, 6.07) is 0. The summed E-state index contributed by atoms with van der Waals surface area (Å²) in [4.78, 5) is 14.2. The molecule has 2 nitrogen and oxygen atoms in total. The summed E-state index contributed by atoms with van der Waals surface area (Å²) >= 11 is 4.54. The zero-order chi connectivity index (χ0) is 32.3. The molecule has 0 N–H and O–H groups in total. The molecule has 8 heteroatoms. The number of nitrogens with zero attached hydrogens (tertiary/aromatic N) is 1. The molecule has 0 unspecified atom stereocenters. The van der Waals surface area contributed by atoms with E-state index in [0.717, 1.165) is 10.6 Å². The van der Waals surface area contributed by atoms with Crippen LogP contribution in [0.3, 0.4) is 0 Å². The van der Waals surface area contributed by atoms with Crippen LogP contribution in [0.2, 0.25) is 19.6 Å². The first-order chi connectivity index (χ1) is 16.4. The molecule has 0 aromatic heterocycles. The Hall–Kier alpha value is 3.28. The second kappa shape index (κ2) is 69.9. The second-order valence-corrected chi connectivity index (χ2v) is 14.3. The first-order valence-electron chi connectivity index (χ1n) is 12.8. The van der Waals surface area contributed by atoms with Gasteiger partial charge in [0.05, 0.1) is 0 Å². The minimum atomic E-state index is 0. The third-order valence-corrected chi connectivity index (χ3v) is 2.45. The molecule has 5 radical (unpaired) electrons. The predicted octanol–water partition coefficient (Wildman–Crippen LogP) is 12.0. The Bertz CT molecular complexity index is 515. The van der Waals surface area contributed by atoms with Gasteiger partial charge < -0.3 is 22.9 Å². The van der Waals surface area contributed by atoms with Gasteiger partial charge in [-0.25, -0.2) is 0 Å². The monoisotopic (exact) mass is 911 g/mol. The number of Topliss-reactive ketones (excluding diaryl/α,β-unsaturated/α-hetero) is 1. The van der Waals surface area contributed by atoms with Gasteiger partial charge in [-0.15, -0.1) is 0 Å². The van der Waals surface area contributed by atoms with Gasteiger partial charge in [-0.1, -0.05) is 70.7 Å². The summed E-state index contributed by atoms with van der Waals surface area (Å²) in [5.74, 6) is 1.58. The number of carbonyl (C=O) groups is 1. The quantitative estimate of drug-likeness (QED) is 0.0797. The molecule has 0 heterocycles. The van der Waals surface area contributed by atoms with Crippen LogP contribution in [0.5, 0.6) is 0 Å². The Kier molecular flexibility index (Phi) is 136. The largest absolute Gasteiger partial charge is 0.501 e. The van der Waals surface area contributed by atoms with E-state index in [0.29, 0.717) is 0 Å². The van der Waals surface area contributed by atoms with Gasteiger partial charge in [0.15, 0.2) is 0 Å². The minimum Gasteiger partial charge on any atom is -0.501 e.